The van der Waals surface area contributed by atoms with E-state index in [-0.39, 0.29) is 40.5 Å². The lowest BCUT2D eigenvalue weighted by molar-refractivity contribution is -0.137. The molecule has 0 fully saturated rings. The summed E-state index contributed by atoms with van der Waals surface area (Å²) in [6, 6.07) is 7.73. The van der Waals surface area contributed by atoms with E-state index in [4.69, 9.17) is 0 Å². The van der Waals surface area contributed by atoms with Gasteiger partial charge in [-0.2, -0.15) is 13.2 Å². The SMILES string of the molecule is CCn1c(=O)[nH]c2cc(C(=O)N3CCC(C)Sc4ccc(C(F)(F)F)cc43)ccc2c1=O. The molecule has 3 aromatic rings. The van der Waals surface area contributed by atoms with Gasteiger partial charge in [-0.05, 0) is 49.7 Å². The second-order valence-corrected chi connectivity index (χ2v) is 9.07. The van der Waals surface area contributed by atoms with Crippen LogP contribution in [0.3, 0.4) is 0 Å². The number of fused-ring (bicyclic) bond motifs is 2. The highest BCUT2D eigenvalue weighted by Gasteiger charge is 2.33. The van der Waals surface area contributed by atoms with E-state index < -0.39 is 28.9 Å². The molecule has 1 amide bonds. The number of carbonyl (C=O) groups excluding carboxylic acids is 1. The number of carbonyl (C=O) groups is 1. The number of halogens is 3. The number of aromatic nitrogens is 2. The third-order valence-corrected chi connectivity index (χ3v) is 6.69. The molecule has 0 saturated heterocycles. The molecular weight excluding hydrogens is 443 g/mol. The van der Waals surface area contributed by atoms with E-state index in [9.17, 15) is 27.6 Å². The zero-order valence-electron chi connectivity index (χ0n) is 17.3. The highest BCUT2D eigenvalue weighted by atomic mass is 32.2. The maximum Gasteiger partial charge on any atom is 0.416 e. The van der Waals surface area contributed by atoms with Crippen LogP contribution in [0.15, 0.2) is 50.9 Å². The number of H-pyrrole nitrogens is 1. The summed E-state index contributed by atoms with van der Waals surface area (Å²) in [7, 11) is 0. The van der Waals surface area contributed by atoms with Gasteiger partial charge in [-0.25, -0.2) is 4.79 Å². The number of anilines is 1. The molecule has 1 atom stereocenters. The van der Waals surface area contributed by atoms with Crippen LogP contribution in [0, 0.1) is 0 Å². The number of thioether (sulfide) groups is 1. The van der Waals surface area contributed by atoms with Gasteiger partial charge in [-0.1, -0.05) is 6.92 Å². The lowest BCUT2D eigenvalue weighted by Crippen LogP contribution is -2.35. The molecule has 6 nitrogen and oxygen atoms in total. The molecular formula is C22H20F3N3O3S. The van der Waals surface area contributed by atoms with Crippen LogP contribution in [0.2, 0.25) is 0 Å². The fraction of sp³-hybridized carbons (Fsp3) is 0.318. The monoisotopic (exact) mass is 463 g/mol. The van der Waals surface area contributed by atoms with Gasteiger partial charge in [0.25, 0.3) is 11.5 Å². The number of amides is 1. The summed E-state index contributed by atoms with van der Waals surface area (Å²) in [6.45, 7) is 4.07. The van der Waals surface area contributed by atoms with Crippen LogP contribution in [-0.2, 0) is 12.7 Å². The highest BCUT2D eigenvalue weighted by Crippen LogP contribution is 2.41. The van der Waals surface area contributed by atoms with Crippen molar-refractivity contribution in [3.63, 3.8) is 0 Å². The van der Waals surface area contributed by atoms with Gasteiger partial charge >= 0.3 is 11.9 Å². The first-order valence-corrected chi connectivity index (χ1v) is 10.9. The Kier molecular flexibility index (Phi) is 5.66. The van der Waals surface area contributed by atoms with Gasteiger partial charge in [-0.15, -0.1) is 11.8 Å². The molecule has 0 aliphatic carbocycles. The summed E-state index contributed by atoms with van der Waals surface area (Å²) < 4.78 is 41.0. The summed E-state index contributed by atoms with van der Waals surface area (Å²) in [5.41, 5.74) is -1.30. The Bertz CT molecular complexity index is 1330. The average Bonchev–Trinajstić information content (AvgIpc) is 2.90. The molecule has 168 valence electrons. The van der Waals surface area contributed by atoms with Gasteiger partial charge in [0.2, 0.25) is 0 Å². The molecule has 0 saturated carbocycles. The van der Waals surface area contributed by atoms with Crippen molar-refractivity contribution in [3.05, 3.63) is 68.4 Å². The number of nitrogens with one attached hydrogen (secondary N) is 1. The minimum Gasteiger partial charge on any atom is -0.307 e. The Labute approximate surface area is 185 Å². The number of hydrogen-bond donors (Lipinski definition) is 1. The Morgan fingerprint density at radius 3 is 2.62 bits per heavy atom. The van der Waals surface area contributed by atoms with E-state index in [0.717, 1.165) is 16.7 Å². The van der Waals surface area contributed by atoms with Crippen LogP contribution < -0.4 is 16.1 Å². The van der Waals surface area contributed by atoms with Crippen LogP contribution >= 0.6 is 11.8 Å². The first kappa shape index (κ1) is 22.2. The normalized spacial score (nSPS) is 16.7. The molecule has 0 bridgehead atoms. The fourth-order valence-corrected chi connectivity index (χ4v) is 4.85. The van der Waals surface area contributed by atoms with Crippen molar-refractivity contribution in [1.82, 2.24) is 9.55 Å². The molecule has 0 spiro atoms. The van der Waals surface area contributed by atoms with Crippen molar-refractivity contribution < 1.29 is 18.0 Å². The number of hydrogen-bond acceptors (Lipinski definition) is 4. The third-order valence-electron chi connectivity index (χ3n) is 5.45. The molecule has 2 aromatic carbocycles. The Hall–Kier alpha value is -3.01. The molecule has 10 heteroatoms. The van der Waals surface area contributed by atoms with Gasteiger partial charge in [0.05, 0.1) is 22.2 Å². The van der Waals surface area contributed by atoms with E-state index in [1.165, 1.54) is 40.9 Å². The van der Waals surface area contributed by atoms with E-state index in [1.807, 2.05) is 6.92 Å². The van der Waals surface area contributed by atoms with E-state index in [2.05, 4.69) is 4.98 Å². The number of rotatable bonds is 2. The van der Waals surface area contributed by atoms with Gasteiger partial charge in [0.15, 0.2) is 0 Å². The predicted molar refractivity (Wildman–Crippen MR) is 118 cm³/mol. The minimum atomic E-state index is -4.53. The van der Waals surface area contributed by atoms with E-state index in [1.54, 1.807) is 6.92 Å². The molecule has 0 radical (unpaired) electrons. The fourth-order valence-electron chi connectivity index (χ4n) is 3.75. The van der Waals surface area contributed by atoms with Gasteiger partial charge in [-0.3, -0.25) is 14.2 Å². The highest BCUT2D eigenvalue weighted by molar-refractivity contribution is 8.00. The van der Waals surface area contributed by atoms with Crippen LogP contribution in [0.25, 0.3) is 10.9 Å². The topological polar surface area (TPSA) is 75.2 Å². The maximum absolute atomic E-state index is 13.4. The average molecular weight is 463 g/mol. The van der Waals surface area contributed by atoms with Crippen LogP contribution in [0.5, 0.6) is 0 Å². The van der Waals surface area contributed by atoms with Gasteiger partial charge in [0.1, 0.15) is 0 Å². The second-order valence-electron chi connectivity index (χ2n) is 7.59. The molecule has 2 heterocycles. The molecule has 1 aliphatic heterocycles. The first-order valence-electron chi connectivity index (χ1n) is 10.1. The third kappa shape index (κ3) is 3.94. The van der Waals surface area contributed by atoms with Crippen molar-refractivity contribution >= 4 is 34.3 Å². The lowest BCUT2D eigenvalue weighted by atomic mass is 10.1. The van der Waals surface area contributed by atoms with Crippen molar-refractivity contribution in [2.45, 2.75) is 43.1 Å². The molecule has 1 unspecified atom stereocenters. The van der Waals surface area contributed by atoms with Crippen molar-refractivity contribution in [2.24, 2.45) is 0 Å². The summed E-state index contributed by atoms with van der Waals surface area (Å²) in [6.07, 6.45) is -3.94. The Morgan fingerprint density at radius 2 is 1.94 bits per heavy atom. The second kappa shape index (κ2) is 8.16. The number of nitrogens with zero attached hydrogens (tertiary/aromatic N) is 2. The van der Waals surface area contributed by atoms with Crippen LogP contribution in [0.1, 0.15) is 36.2 Å². The first-order chi connectivity index (χ1) is 15.1. The van der Waals surface area contributed by atoms with Crippen LogP contribution in [0.4, 0.5) is 18.9 Å². The number of alkyl halides is 3. The molecule has 4 rings (SSSR count). The summed E-state index contributed by atoms with van der Waals surface area (Å²) in [5.74, 6) is -0.498. The zero-order valence-corrected chi connectivity index (χ0v) is 18.1. The minimum absolute atomic E-state index is 0.115. The summed E-state index contributed by atoms with van der Waals surface area (Å²) in [5, 5.41) is 0.367. The van der Waals surface area contributed by atoms with Crippen molar-refractivity contribution in [1.29, 1.82) is 0 Å². The zero-order chi connectivity index (χ0) is 23.2. The van der Waals surface area contributed by atoms with Crippen molar-refractivity contribution in [2.75, 3.05) is 11.4 Å². The van der Waals surface area contributed by atoms with E-state index >= 15 is 0 Å². The molecule has 1 N–H and O–H groups in total. The van der Waals surface area contributed by atoms with Crippen LogP contribution in [-0.4, -0.2) is 27.3 Å². The Balaban J connectivity index is 1.82. The van der Waals surface area contributed by atoms with E-state index in [0.29, 0.717) is 11.3 Å². The predicted octanol–water partition coefficient (Wildman–Crippen LogP) is 4.26. The van der Waals surface area contributed by atoms with Gasteiger partial charge in [0, 0.05) is 28.8 Å². The summed E-state index contributed by atoms with van der Waals surface area (Å²) >= 11 is 1.43. The van der Waals surface area contributed by atoms with Gasteiger partial charge < -0.3 is 9.88 Å². The quantitative estimate of drug-likeness (QED) is 0.616. The smallest absolute Gasteiger partial charge is 0.307 e. The standard InChI is InChI=1S/C22H20F3N3O3S/c1-3-27-20(30)15-6-4-13(10-16(15)26-21(27)31)19(29)28-9-8-12(2)32-18-7-5-14(11-17(18)28)22(23,24)25/h4-7,10-12H,3,8-9H2,1-2H3,(H,26,31). The Morgan fingerprint density at radius 1 is 1.19 bits per heavy atom. The molecule has 1 aromatic heterocycles. The molecule has 32 heavy (non-hydrogen) atoms. The lowest BCUT2D eigenvalue weighted by Gasteiger charge is -2.24. The maximum atomic E-state index is 13.4. The molecule has 1 aliphatic rings. The largest absolute Gasteiger partial charge is 0.416 e. The summed E-state index contributed by atoms with van der Waals surface area (Å²) in [4.78, 5) is 42.5. The number of benzene rings is 2. The number of aromatic amines is 1. The van der Waals surface area contributed by atoms with Crippen molar-refractivity contribution in [3.8, 4) is 0 Å².